The molecule has 2 aromatic carbocycles. The van der Waals surface area contributed by atoms with E-state index in [-0.39, 0.29) is 12.4 Å². The Morgan fingerprint density at radius 1 is 1.26 bits per heavy atom. The van der Waals surface area contributed by atoms with Crippen LogP contribution in [0.5, 0.6) is 11.5 Å². The van der Waals surface area contributed by atoms with E-state index in [0.29, 0.717) is 27.2 Å². The lowest BCUT2D eigenvalue weighted by molar-refractivity contribution is 0.0991. The molecule has 1 aromatic heterocycles. The summed E-state index contributed by atoms with van der Waals surface area (Å²) in [5.41, 5.74) is 4.76. The molecule has 3 rings (SSSR count). The molecule has 0 bridgehead atoms. The number of hydrogen-bond acceptors (Lipinski definition) is 6. The monoisotopic (exact) mass is 411 g/mol. The molecule has 0 saturated carbocycles. The Bertz CT molecular complexity index is 1010. The first-order valence-electron chi connectivity index (χ1n) is 7.47. The van der Waals surface area contributed by atoms with Crippen molar-refractivity contribution < 1.29 is 23.0 Å². The van der Waals surface area contributed by atoms with Crippen LogP contribution in [0.25, 0.3) is 11.4 Å². The summed E-state index contributed by atoms with van der Waals surface area (Å²) in [5, 5.41) is 0.942. The van der Waals surface area contributed by atoms with Gasteiger partial charge in [0.1, 0.15) is 23.7 Å². The molecule has 10 heteroatoms. The molecule has 3 aromatic rings. The second kappa shape index (κ2) is 7.85. The topological polar surface area (TPSA) is 87.3 Å². The van der Waals surface area contributed by atoms with Gasteiger partial charge in [-0.15, -0.1) is 0 Å². The quantitative estimate of drug-likeness (QED) is 0.666. The minimum absolute atomic E-state index is 0.131. The molecule has 0 unspecified atom stereocenters. The largest absolute Gasteiger partial charge is 0.496 e. The van der Waals surface area contributed by atoms with Gasteiger partial charge in [0.15, 0.2) is 22.4 Å². The van der Waals surface area contributed by atoms with Crippen molar-refractivity contribution >= 4 is 29.0 Å². The number of amides is 1. The number of rotatable bonds is 6. The van der Waals surface area contributed by atoms with E-state index in [2.05, 4.69) is 9.36 Å². The van der Waals surface area contributed by atoms with Crippen molar-refractivity contribution in [1.29, 1.82) is 0 Å². The van der Waals surface area contributed by atoms with Crippen LogP contribution in [-0.4, -0.2) is 22.4 Å². The van der Waals surface area contributed by atoms with E-state index in [1.54, 1.807) is 18.2 Å². The van der Waals surface area contributed by atoms with E-state index in [0.717, 1.165) is 23.7 Å². The lowest BCUT2D eigenvalue weighted by Gasteiger charge is -2.08. The standard InChI is InChI=1S/C17H12ClF2N3O3S/c1-25-12-6-8(18)2-3-9(12)17-22-13(27-23-17)7-26-11-5-4-10(19)14(15(11)20)16(21)24/h2-6H,7H2,1H3,(H2,21,24). The summed E-state index contributed by atoms with van der Waals surface area (Å²) in [7, 11) is 1.50. The van der Waals surface area contributed by atoms with Gasteiger partial charge in [0.05, 0.1) is 12.7 Å². The third-order valence-corrected chi connectivity index (χ3v) is 4.45. The number of aromatic nitrogens is 2. The zero-order valence-corrected chi connectivity index (χ0v) is 15.4. The molecule has 0 atom stereocenters. The minimum Gasteiger partial charge on any atom is -0.496 e. The highest BCUT2D eigenvalue weighted by molar-refractivity contribution is 7.05. The minimum atomic E-state index is -1.22. The molecule has 0 radical (unpaired) electrons. The molecule has 0 spiro atoms. The van der Waals surface area contributed by atoms with Gasteiger partial charge >= 0.3 is 0 Å². The van der Waals surface area contributed by atoms with Gasteiger partial charge in [-0.3, -0.25) is 4.79 Å². The first kappa shape index (κ1) is 19.0. The van der Waals surface area contributed by atoms with Crippen LogP contribution < -0.4 is 15.2 Å². The van der Waals surface area contributed by atoms with E-state index < -0.39 is 23.1 Å². The predicted octanol–water partition coefficient (Wildman–Crippen LogP) is 3.82. The van der Waals surface area contributed by atoms with Crippen molar-refractivity contribution in [2.45, 2.75) is 6.61 Å². The number of methoxy groups -OCH3 is 1. The molecular weight excluding hydrogens is 400 g/mol. The third-order valence-electron chi connectivity index (χ3n) is 3.53. The van der Waals surface area contributed by atoms with Gasteiger partial charge in [-0.2, -0.15) is 4.37 Å². The number of hydrogen-bond donors (Lipinski definition) is 1. The predicted molar refractivity (Wildman–Crippen MR) is 96.1 cm³/mol. The van der Waals surface area contributed by atoms with Crippen molar-refractivity contribution in [3.63, 3.8) is 0 Å². The van der Waals surface area contributed by atoms with E-state index in [4.69, 9.17) is 26.8 Å². The summed E-state index contributed by atoms with van der Waals surface area (Å²) < 4.78 is 42.4. The highest BCUT2D eigenvalue weighted by Gasteiger charge is 2.20. The Morgan fingerprint density at radius 3 is 2.74 bits per heavy atom. The molecule has 2 N–H and O–H groups in total. The number of nitrogens with two attached hydrogens (primary N) is 1. The van der Waals surface area contributed by atoms with Gasteiger partial charge in [-0.25, -0.2) is 13.8 Å². The van der Waals surface area contributed by atoms with Crippen LogP contribution in [0.1, 0.15) is 15.4 Å². The second-order valence-corrected chi connectivity index (χ2v) is 6.52. The highest BCUT2D eigenvalue weighted by Crippen LogP contribution is 2.31. The molecule has 1 heterocycles. The Hall–Kier alpha value is -2.78. The average Bonchev–Trinajstić information content (AvgIpc) is 3.09. The average molecular weight is 412 g/mol. The van der Waals surface area contributed by atoms with E-state index >= 15 is 0 Å². The van der Waals surface area contributed by atoms with Gasteiger partial charge in [0.25, 0.3) is 5.91 Å². The third kappa shape index (κ3) is 3.99. The Labute approximate surface area is 161 Å². The summed E-state index contributed by atoms with van der Waals surface area (Å²) in [6.07, 6.45) is 0. The number of carbonyl (C=O) groups is 1. The van der Waals surface area contributed by atoms with Crippen LogP contribution in [0.2, 0.25) is 5.02 Å². The van der Waals surface area contributed by atoms with Gasteiger partial charge in [-0.1, -0.05) is 11.6 Å². The van der Waals surface area contributed by atoms with Crippen molar-refractivity contribution in [3.8, 4) is 22.9 Å². The highest BCUT2D eigenvalue weighted by atomic mass is 35.5. The normalized spacial score (nSPS) is 10.7. The molecule has 0 aliphatic heterocycles. The molecule has 140 valence electrons. The molecule has 0 aliphatic carbocycles. The van der Waals surface area contributed by atoms with Crippen LogP contribution in [0.3, 0.4) is 0 Å². The van der Waals surface area contributed by atoms with E-state index in [1.807, 2.05) is 0 Å². The van der Waals surface area contributed by atoms with Crippen molar-refractivity contribution in [3.05, 3.63) is 57.6 Å². The summed E-state index contributed by atoms with van der Waals surface area (Å²) in [5.74, 6) is -2.85. The smallest absolute Gasteiger partial charge is 0.254 e. The van der Waals surface area contributed by atoms with Crippen LogP contribution >= 0.6 is 23.1 Å². The van der Waals surface area contributed by atoms with Crippen LogP contribution in [-0.2, 0) is 6.61 Å². The van der Waals surface area contributed by atoms with Crippen LogP contribution in [0.4, 0.5) is 8.78 Å². The number of carbonyl (C=O) groups excluding carboxylic acids is 1. The summed E-state index contributed by atoms with van der Waals surface area (Å²) in [4.78, 5) is 15.5. The number of halogens is 3. The van der Waals surface area contributed by atoms with Gasteiger partial charge < -0.3 is 15.2 Å². The number of nitrogens with zero attached hydrogens (tertiary/aromatic N) is 2. The maximum absolute atomic E-state index is 14.2. The lowest BCUT2D eigenvalue weighted by atomic mass is 10.1. The molecule has 6 nitrogen and oxygen atoms in total. The molecule has 0 saturated heterocycles. The molecule has 0 fully saturated rings. The zero-order chi connectivity index (χ0) is 19.6. The van der Waals surface area contributed by atoms with Crippen LogP contribution in [0, 0.1) is 11.6 Å². The Morgan fingerprint density at radius 2 is 2.04 bits per heavy atom. The van der Waals surface area contributed by atoms with Crippen molar-refractivity contribution in [2.24, 2.45) is 5.73 Å². The van der Waals surface area contributed by atoms with Crippen molar-refractivity contribution in [1.82, 2.24) is 9.36 Å². The maximum Gasteiger partial charge on any atom is 0.254 e. The number of ether oxygens (including phenoxy) is 2. The SMILES string of the molecule is COc1cc(Cl)ccc1-c1nsc(COc2ccc(F)c(C(N)=O)c2F)n1. The first-order valence-corrected chi connectivity index (χ1v) is 8.63. The summed E-state index contributed by atoms with van der Waals surface area (Å²) in [6, 6.07) is 7.00. The molecule has 0 aliphatic rings. The fourth-order valence-electron chi connectivity index (χ4n) is 2.28. The fourth-order valence-corrected chi connectivity index (χ4v) is 3.01. The van der Waals surface area contributed by atoms with Gasteiger partial charge in [-0.05, 0) is 41.9 Å². The molecular formula is C17H12ClF2N3O3S. The Kier molecular flexibility index (Phi) is 5.52. The maximum atomic E-state index is 14.2. The summed E-state index contributed by atoms with van der Waals surface area (Å²) in [6.45, 7) is -0.131. The van der Waals surface area contributed by atoms with Gasteiger partial charge in [0, 0.05) is 5.02 Å². The van der Waals surface area contributed by atoms with Crippen molar-refractivity contribution in [2.75, 3.05) is 7.11 Å². The lowest BCUT2D eigenvalue weighted by Crippen LogP contribution is -2.16. The Balaban J connectivity index is 1.80. The zero-order valence-electron chi connectivity index (χ0n) is 13.8. The number of primary amides is 1. The second-order valence-electron chi connectivity index (χ2n) is 5.24. The van der Waals surface area contributed by atoms with E-state index in [1.165, 1.54) is 7.11 Å². The van der Waals surface area contributed by atoms with Crippen LogP contribution in [0.15, 0.2) is 30.3 Å². The number of benzene rings is 2. The van der Waals surface area contributed by atoms with Gasteiger partial charge in [0.2, 0.25) is 0 Å². The first-order chi connectivity index (χ1) is 12.9. The molecule has 27 heavy (non-hydrogen) atoms. The summed E-state index contributed by atoms with van der Waals surface area (Å²) >= 11 is 6.98. The van der Waals surface area contributed by atoms with E-state index in [9.17, 15) is 13.6 Å². The fraction of sp³-hybridized carbons (Fsp3) is 0.118. The molecule has 1 amide bonds.